The summed E-state index contributed by atoms with van der Waals surface area (Å²) in [6.07, 6.45) is 2.24. The molecule has 0 aromatic heterocycles. The van der Waals surface area contributed by atoms with Crippen LogP contribution in [0.1, 0.15) is 24.0 Å². The topological polar surface area (TPSA) is 33.0 Å². The number of nitrogens with zero attached hydrogens (tertiary/aromatic N) is 1. The summed E-state index contributed by atoms with van der Waals surface area (Å²) >= 11 is 1.93. The lowest BCUT2D eigenvalue weighted by Gasteiger charge is -2.06. The number of rotatable bonds is 8. The summed E-state index contributed by atoms with van der Waals surface area (Å²) in [6, 6.07) is 19.9. The minimum atomic E-state index is 0.724. The van der Waals surface area contributed by atoms with E-state index in [1.165, 1.54) is 5.56 Å². The van der Waals surface area contributed by atoms with Crippen LogP contribution in [0.5, 0.6) is 5.75 Å². The van der Waals surface area contributed by atoms with Crippen LogP contribution in [-0.2, 0) is 5.75 Å². The number of benzene rings is 2. The molecule has 0 N–H and O–H groups in total. The summed E-state index contributed by atoms with van der Waals surface area (Å²) in [5.74, 6) is 3.09. The van der Waals surface area contributed by atoms with Crippen molar-refractivity contribution in [2.45, 2.75) is 18.6 Å². The maximum Gasteiger partial charge on any atom is 0.119 e. The van der Waals surface area contributed by atoms with E-state index in [-0.39, 0.29) is 0 Å². The first kappa shape index (κ1) is 15.5. The van der Waals surface area contributed by atoms with Crippen LogP contribution in [0.25, 0.3) is 0 Å². The van der Waals surface area contributed by atoms with E-state index < -0.39 is 0 Å². The van der Waals surface area contributed by atoms with E-state index in [0.717, 1.165) is 42.3 Å². The number of hydrogen-bond donors (Lipinski definition) is 0. The van der Waals surface area contributed by atoms with Gasteiger partial charge >= 0.3 is 0 Å². The van der Waals surface area contributed by atoms with Gasteiger partial charge in [0.05, 0.1) is 18.2 Å². The lowest BCUT2D eigenvalue weighted by molar-refractivity contribution is 0.310. The second-order valence-corrected chi connectivity index (χ2v) is 5.84. The van der Waals surface area contributed by atoms with Crippen molar-refractivity contribution in [3.63, 3.8) is 0 Å². The Morgan fingerprint density at radius 1 is 0.952 bits per heavy atom. The van der Waals surface area contributed by atoms with Crippen molar-refractivity contribution in [3.05, 3.63) is 65.7 Å². The van der Waals surface area contributed by atoms with Gasteiger partial charge in [-0.15, -0.1) is 0 Å². The fraction of sp³-hybridized carbons (Fsp3) is 0.278. The molecule has 2 nitrogen and oxygen atoms in total. The Balaban J connectivity index is 1.53. The molecule has 0 aliphatic carbocycles. The minimum absolute atomic E-state index is 0.724. The molecule has 0 saturated heterocycles. The molecule has 2 aromatic rings. The molecule has 3 heteroatoms. The zero-order valence-corrected chi connectivity index (χ0v) is 12.8. The van der Waals surface area contributed by atoms with Crippen LogP contribution in [0, 0.1) is 11.3 Å². The van der Waals surface area contributed by atoms with E-state index in [9.17, 15) is 0 Å². The average molecular weight is 297 g/mol. The number of thioether (sulfide) groups is 1. The molecule has 2 rings (SSSR count). The number of para-hydroxylation sites is 1. The van der Waals surface area contributed by atoms with Gasteiger partial charge in [0.15, 0.2) is 0 Å². The van der Waals surface area contributed by atoms with Gasteiger partial charge in [-0.3, -0.25) is 0 Å². The van der Waals surface area contributed by atoms with Crippen molar-refractivity contribution in [1.29, 1.82) is 5.26 Å². The molecule has 0 aliphatic heterocycles. The van der Waals surface area contributed by atoms with Crippen molar-refractivity contribution in [1.82, 2.24) is 0 Å². The number of hydrogen-bond acceptors (Lipinski definition) is 3. The molecule has 108 valence electrons. The van der Waals surface area contributed by atoms with Crippen LogP contribution in [0.4, 0.5) is 0 Å². The molecular weight excluding hydrogens is 278 g/mol. The van der Waals surface area contributed by atoms with Gasteiger partial charge in [-0.25, -0.2) is 0 Å². The summed E-state index contributed by atoms with van der Waals surface area (Å²) in [4.78, 5) is 0. The Morgan fingerprint density at radius 2 is 1.71 bits per heavy atom. The van der Waals surface area contributed by atoms with Crippen molar-refractivity contribution in [2.75, 3.05) is 12.4 Å². The Labute approximate surface area is 130 Å². The van der Waals surface area contributed by atoms with Gasteiger partial charge < -0.3 is 4.74 Å². The predicted molar refractivity (Wildman–Crippen MR) is 88.5 cm³/mol. The Kier molecular flexibility index (Phi) is 6.70. The van der Waals surface area contributed by atoms with E-state index in [2.05, 4.69) is 6.07 Å². The molecule has 0 unspecified atom stereocenters. The third-order valence-electron chi connectivity index (χ3n) is 3.05. The first-order chi connectivity index (χ1) is 10.4. The molecule has 0 atom stereocenters. The summed E-state index contributed by atoms with van der Waals surface area (Å²) in [6.45, 7) is 0.779. The fourth-order valence-corrected chi connectivity index (χ4v) is 2.86. The lowest BCUT2D eigenvalue weighted by atomic mass is 10.2. The van der Waals surface area contributed by atoms with Crippen molar-refractivity contribution in [3.8, 4) is 11.8 Å². The Morgan fingerprint density at radius 3 is 2.43 bits per heavy atom. The maximum atomic E-state index is 8.74. The quantitative estimate of drug-likeness (QED) is 0.665. The van der Waals surface area contributed by atoms with Crippen LogP contribution in [0.2, 0.25) is 0 Å². The van der Waals surface area contributed by atoms with E-state index in [0.29, 0.717) is 0 Å². The van der Waals surface area contributed by atoms with Crippen LogP contribution in [0.15, 0.2) is 54.6 Å². The third-order valence-corrected chi connectivity index (χ3v) is 4.16. The molecule has 0 amide bonds. The SMILES string of the molecule is N#Cc1ccc(CSCCCCOc2ccccc2)cc1. The second-order valence-electron chi connectivity index (χ2n) is 4.73. The van der Waals surface area contributed by atoms with Gasteiger partial charge in [-0.2, -0.15) is 17.0 Å². The van der Waals surface area contributed by atoms with Crippen LogP contribution < -0.4 is 4.74 Å². The highest BCUT2D eigenvalue weighted by Gasteiger charge is 1.96. The maximum absolute atomic E-state index is 8.74. The molecule has 0 aliphatic rings. The molecule has 0 saturated carbocycles. The van der Waals surface area contributed by atoms with Gasteiger partial charge in [0.2, 0.25) is 0 Å². The standard InChI is InChI=1S/C18H19NOS/c19-14-16-8-10-17(11-9-16)15-21-13-5-4-12-20-18-6-2-1-3-7-18/h1-3,6-11H,4-5,12-13,15H2. The van der Waals surface area contributed by atoms with Gasteiger partial charge in [-0.05, 0) is 48.4 Å². The smallest absolute Gasteiger partial charge is 0.119 e. The molecule has 0 fully saturated rings. The van der Waals surface area contributed by atoms with E-state index in [4.69, 9.17) is 10.00 Å². The zero-order chi connectivity index (χ0) is 14.8. The largest absolute Gasteiger partial charge is 0.494 e. The fourth-order valence-electron chi connectivity index (χ4n) is 1.88. The molecule has 0 heterocycles. The molecule has 2 aromatic carbocycles. The zero-order valence-electron chi connectivity index (χ0n) is 12.0. The normalized spacial score (nSPS) is 10.0. The van der Waals surface area contributed by atoms with Gasteiger partial charge in [0.1, 0.15) is 5.75 Å². The first-order valence-corrected chi connectivity index (χ1v) is 8.28. The van der Waals surface area contributed by atoms with Gasteiger partial charge in [0, 0.05) is 5.75 Å². The highest BCUT2D eigenvalue weighted by atomic mass is 32.2. The average Bonchev–Trinajstić information content (AvgIpc) is 2.55. The highest BCUT2D eigenvalue weighted by Crippen LogP contribution is 2.15. The summed E-state index contributed by atoms with van der Waals surface area (Å²) in [5, 5.41) is 8.74. The monoisotopic (exact) mass is 297 g/mol. The minimum Gasteiger partial charge on any atom is -0.494 e. The van der Waals surface area contributed by atoms with E-state index in [1.807, 2.05) is 66.4 Å². The summed E-state index contributed by atoms with van der Waals surface area (Å²) in [5.41, 5.74) is 2.00. The first-order valence-electron chi connectivity index (χ1n) is 7.13. The Bertz CT molecular complexity index is 560. The van der Waals surface area contributed by atoms with Gasteiger partial charge in [0.25, 0.3) is 0 Å². The van der Waals surface area contributed by atoms with E-state index in [1.54, 1.807) is 0 Å². The molecule has 0 spiro atoms. The van der Waals surface area contributed by atoms with Crippen molar-refractivity contribution >= 4 is 11.8 Å². The van der Waals surface area contributed by atoms with E-state index >= 15 is 0 Å². The second kappa shape index (κ2) is 9.10. The molecular formula is C18H19NOS. The Hall–Kier alpha value is -1.92. The van der Waals surface area contributed by atoms with Crippen molar-refractivity contribution < 1.29 is 4.74 Å². The summed E-state index contributed by atoms with van der Waals surface area (Å²) in [7, 11) is 0. The van der Waals surface area contributed by atoms with Crippen LogP contribution >= 0.6 is 11.8 Å². The third kappa shape index (κ3) is 5.93. The molecule has 0 radical (unpaired) electrons. The predicted octanol–water partition coefficient (Wildman–Crippen LogP) is 4.65. The number of unbranched alkanes of at least 4 members (excludes halogenated alkanes) is 1. The van der Waals surface area contributed by atoms with Crippen LogP contribution in [0.3, 0.4) is 0 Å². The molecule has 0 bridgehead atoms. The number of nitriles is 1. The summed E-state index contributed by atoms with van der Waals surface area (Å²) < 4.78 is 5.66. The van der Waals surface area contributed by atoms with Gasteiger partial charge in [-0.1, -0.05) is 30.3 Å². The number of ether oxygens (including phenoxy) is 1. The van der Waals surface area contributed by atoms with Crippen molar-refractivity contribution in [2.24, 2.45) is 0 Å². The molecule has 21 heavy (non-hydrogen) atoms. The lowest BCUT2D eigenvalue weighted by Crippen LogP contribution is -1.97. The van der Waals surface area contributed by atoms with Crippen LogP contribution in [-0.4, -0.2) is 12.4 Å². The highest BCUT2D eigenvalue weighted by molar-refractivity contribution is 7.98.